The fraction of sp³-hybridized carbons (Fsp3) is 0.739. The molecule has 1 atom stereocenters. The van der Waals surface area contributed by atoms with Crippen LogP contribution in [0.15, 0.2) is 4.99 Å². The predicted octanol–water partition coefficient (Wildman–Crippen LogP) is 1.23. The van der Waals surface area contributed by atoms with Crippen molar-refractivity contribution in [2.24, 2.45) is 16.6 Å². The first-order valence-electron chi connectivity index (χ1n) is 13.4. The molecule has 1 unspecified atom stereocenters. The van der Waals surface area contributed by atoms with Crippen molar-refractivity contribution in [1.29, 1.82) is 0 Å². The first kappa shape index (κ1) is 50.8. The Balaban J connectivity index is -0.000000369. The van der Waals surface area contributed by atoms with Gasteiger partial charge in [-0.15, -0.1) is 0 Å². The van der Waals surface area contributed by atoms with Crippen LogP contribution in [0.5, 0.6) is 0 Å². The highest BCUT2D eigenvalue weighted by molar-refractivity contribution is 6.03. The zero-order valence-corrected chi connectivity index (χ0v) is 25.1. The molecule has 2 amide bonds. The molecule has 11 N–H and O–H groups in total. The molecular formula is C23H39F10N7O8. The Labute approximate surface area is 266 Å². The van der Waals surface area contributed by atoms with Crippen LogP contribution in [0.2, 0.25) is 0 Å². The van der Waals surface area contributed by atoms with E-state index in [9.17, 15) is 53.5 Å². The predicted molar refractivity (Wildman–Crippen MR) is 147 cm³/mol. The maximum absolute atomic E-state index is 13.8. The Bertz CT molecular complexity index is 881. The SMILES string of the molecule is NCCCNCCCCNC(=O)C(F)C(=O)NCCCCCCN=CNN.O=C(O)C(F)(F)F.O=C(O)C(F)(F)F.O=C(O)C(F)(F)F. The van der Waals surface area contributed by atoms with Crippen molar-refractivity contribution >= 4 is 36.1 Å². The molecule has 0 aromatic rings. The van der Waals surface area contributed by atoms with Crippen molar-refractivity contribution in [3.05, 3.63) is 0 Å². The topological polar surface area (TPSA) is 259 Å². The molecule has 0 aliphatic rings. The minimum Gasteiger partial charge on any atom is -0.475 e. The van der Waals surface area contributed by atoms with Crippen molar-refractivity contribution in [3.8, 4) is 0 Å². The molecule has 0 aliphatic carbocycles. The van der Waals surface area contributed by atoms with E-state index in [1.807, 2.05) is 0 Å². The number of amides is 2. The van der Waals surface area contributed by atoms with Crippen molar-refractivity contribution in [2.75, 3.05) is 39.3 Å². The summed E-state index contributed by atoms with van der Waals surface area (Å²) < 4.78 is 109. The Morgan fingerprint density at radius 1 is 0.625 bits per heavy atom. The van der Waals surface area contributed by atoms with Gasteiger partial charge in [0.2, 0.25) is 0 Å². The number of nitrogens with zero attached hydrogens (tertiary/aromatic N) is 1. The second-order valence-electron chi connectivity index (χ2n) is 8.57. The van der Waals surface area contributed by atoms with E-state index in [0.717, 1.165) is 58.0 Å². The highest BCUT2D eigenvalue weighted by atomic mass is 19.4. The van der Waals surface area contributed by atoms with Gasteiger partial charge in [0.15, 0.2) is 0 Å². The number of unbranched alkanes of at least 4 members (excludes halogenated alkanes) is 4. The minimum absolute atomic E-state index is 0.354. The van der Waals surface area contributed by atoms with Gasteiger partial charge >= 0.3 is 36.4 Å². The van der Waals surface area contributed by atoms with Gasteiger partial charge < -0.3 is 42.4 Å². The first-order chi connectivity index (χ1) is 22.0. The third-order valence-electron chi connectivity index (χ3n) is 4.50. The Morgan fingerprint density at radius 3 is 1.31 bits per heavy atom. The van der Waals surface area contributed by atoms with E-state index in [4.69, 9.17) is 41.3 Å². The van der Waals surface area contributed by atoms with E-state index in [2.05, 4.69) is 26.4 Å². The minimum atomic E-state index is -5.08. The van der Waals surface area contributed by atoms with Gasteiger partial charge in [0.1, 0.15) is 0 Å². The third-order valence-corrected chi connectivity index (χ3v) is 4.50. The molecule has 0 aromatic carbocycles. The number of carboxylic acids is 3. The normalized spacial score (nSPS) is 11.8. The summed E-state index contributed by atoms with van der Waals surface area (Å²) in [6.07, 6.45) is -9.95. The lowest BCUT2D eigenvalue weighted by molar-refractivity contribution is -0.193. The van der Waals surface area contributed by atoms with Crippen LogP contribution in [0.25, 0.3) is 0 Å². The van der Waals surface area contributed by atoms with Crippen LogP contribution >= 0.6 is 0 Å². The molecule has 0 rings (SSSR count). The molecule has 15 nitrogen and oxygen atoms in total. The number of aliphatic carboxylic acids is 3. The van der Waals surface area contributed by atoms with Crippen LogP contribution in [0.1, 0.15) is 44.9 Å². The number of halogens is 10. The van der Waals surface area contributed by atoms with Gasteiger partial charge in [0, 0.05) is 19.6 Å². The van der Waals surface area contributed by atoms with Crippen LogP contribution < -0.4 is 33.0 Å². The van der Waals surface area contributed by atoms with Crippen molar-refractivity contribution in [3.63, 3.8) is 0 Å². The smallest absolute Gasteiger partial charge is 0.475 e. The molecular weight excluding hydrogens is 692 g/mol. The Kier molecular flexibility index (Phi) is 30.9. The van der Waals surface area contributed by atoms with Gasteiger partial charge in [-0.25, -0.2) is 24.6 Å². The largest absolute Gasteiger partial charge is 0.490 e. The van der Waals surface area contributed by atoms with Gasteiger partial charge in [-0.05, 0) is 51.7 Å². The van der Waals surface area contributed by atoms with Crippen molar-refractivity contribution < 1.29 is 83.2 Å². The van der Waals surface area contributed by atoms with Gasteiger partial charge in [-0.1, -0.05) is 12.8 Å². The van der Waals surface area contributed by atoms with Crippen molar-refractivity contribution in [1.82, 2.24) is 21.4 Å². The first-order valence-corrected chi connectivity index (χ1v) is 13.4. The fourth-order valence-electron chi connectivity index (χ4n) is 2.25. The summed E-state index contributed by atoms with van der Waals surface area (Å²) in [5.74, 6) is -4.99. The number of nitrogens with one attached hydrogen (secondary N) is 4. The number of alkyl halides is 10. The fourth-order valence-corrected chi connectivity index (χ4v) is 2.25. The van der Waals surface area contributed by atoms with E-state index >= 15 is 0 Å². The number of aliphatic imine (C=N–C) groups is 1. The van der Waals surface area contributed by atoms with Crippen LogP contribution in [0.3, 0.4) is 0 Å². The Morgan fingerprint density at radius 2 is 0.958 bits per heavy atom. The van der Waals surface area contributed by atoms with E-state index in [1.54, 1.807) is 0 Å². The maximum Gasteiger partial charge on any atom is 0.490 e. The standard InChI is InChI=1S/C17H36FN7O2.3C2HF3O2/c18-15(17(27)24-13-6-5-9-21-11-7-8-19)16(26)23-12-4-2-1-3-10-22-14-25-20;3*3-2(4,5)1(6)7/h14-15,21H,1-13,19-20H2,(H,22,25)(H,23,26)(H,24,27);3*(H,6,7). The summed E-state index contributed by atoms with van der Waals surface area (Å²) >= 11 is 0. The molecule has 0 saturated carbocycles. The summed E-state index contributed by atoms with van der Waals surface area (Å²) in [6.45, 7) is 3.75. The number of hydrogen-bond donors (Lipinski definition) is 9. The number of carboxylic acid groups (broad SMARTS) is 3. The monoisotopic (exact) mass is 731 g/mol. The van der Waals surface area contributed by atoms with Gasteiger partial charge in [0.25, 0.3) is 18.0 Å². The number of hydrazine groups is 1. The molecule has 284 valence electrons. The van der Waals surface area contributed by atoms with E-state index < -0.39 is 54.4 Å². The number of nitrogens with two attached hydrogens (primary N) is 2. The van der Waals surface area contributed by atoms with Crippen LogP contribution in [0, 0.1) is 0 Å². The highest BCUT2D eigenvalue weighted by Gasteiger charge is 2.39. The van der Waals surface area contributed by atoms with Crippen LogP contribution in [0.4, 0.5) is 43.9 Å². The van der Waals surface area contributed by atoms with E-state index in [1.165, 1.54) is 6.34 Å². The van der Waals surface area contributed by atoms with Crippen molar-refractivity contribution in [2.45, 2.75) is 69.6 Å². The highest BCUT2D eigenvalue weighted by Crippen LogP contribution is 2.14. The molecule has 0 radical (unpaired) electrons. The molecule has 0 bridgehead atoms. The molecule has 25 heteroatoms. The quantitative estimate of drug-likeness (QED) is 0.0184. The molecule has 0 heterocycles. The van der Waals surface area contributed by atoms with Gasteiger partial charge in [-0.3, -0.25) is 14.6 Å². The van der Waals surface area contributed by atoms with Crippen LogP contribution in [-0.2, 0) is 24.0 Å². The Hall–Kier alpha value is -4.00. The summed E-state index contributed by atoms with van der Waals surface area (Å²) in [4.78, 5) is 53.9. The number of rotatable bonds is 18. The summed E-state index contributed by atoms with van der Waals surface area (Å²) in [5, 5.41) is 29.5. The maximum atomic E-state index is 13.8. The third kappa shape index (κ3) is 38.2. The average molecular weight is 732 g/mol. The molecule has 0 saturated heterocycles. The second-order valence-corrected chi connectivity index (χ2v) is 8.57. The van der Waals surface area contributed by atoms with E-state index in [0.29, 0.717) is 26.2 Å². The zero-order valence-electron chi connectivity index (χ0n) is 25.1. The lowest BCUT2D eigenvalue weighted by Gasteiger charge is -2.10. The van der Waals surface area contributed by atoms with Gasteiger partial charge in [-0.2, -0.15) is 39.5 Å². The number of carbonyl (C=O) groups is 5. The molecule has 0 aromatic heterocycles. The lowest BCUT2D eigenvalue weighted by Crippen LogP contribution is -2.43. The zero-order chi connectivity index (χ0) is 38.4. The molecule has 0 aliphatic heterocycles. The van der Waals surface area contributed by atoms with Crippen LogP contribution in [-0.4, -0.2) is 115 Å². The number of carbonyl (C=O) groups excluding carboxylic acids is 2. The molecule has 0 fully saturated rings. The molecule has 48 heavy (non-hydrogen) atoms. The molecule has 0 spiro atoms. The summed E-state index contributed by atoms with van der Waals surface area (Å²) in [6, 6.07) is 0. The number of hydrogen-bond acceptors (Lipinski definition) is 9. The second kappa shape index (κ2) is 29.2. The summed E-state index contributed by atoms with van der Waals surface area (Å²) in [7, 11) is 0. The average Bonchev–Trinajstić information content (AvgIpc) is 2.96. The van der Waals surface area contributed by atoms with E-state index in [-0.39, 0.29) is 0 Å². The summed E-state index contributed by atoms with van der Waals surface area (Å²) in [5.41, 5.74) is 7.71. The lowest BCUT2D eigenvalue weighted by atomic mass is 10.2. The van der Waals surface area contributed by atoms with Gasteiger partial charge in [0.05, 0.1) is 6.34 Å².